The van der Waals surface area contributed by atoms with Gasteiger partial charge in [-0.2, -0.15) is 5.26 Å². The number of ketones is 1. The normalized spacial score (nSPS) is 11.4. The van der Waals surface area contributed by atoms with Crippen molar-refractivity contribution in [2.75, 3.05) is 0 Å². The van der Waals surface area contributed by atoms with Gasteiger partial charge in [0.15, 0.2) is 0 Å². The molecule has 0 amide bonds. The van der Waals surface area contributed by atoms with E-state index in [-0.39, 0.29) is 11.4 Å². The van der Waals surface area contributed by atoms with E-state index in [1.54, 1.807) is 31.2 Å². The van der Waals surface area contributed by atoms with Gasteiger partial charge in [-0.25, -0.2) is 0 Å². The maximum atomic E-state index is 12.4. The highest BCUT2D eigenvalue weighted by molar-refractivity contribution is 6.30. The average Bonchev–Trinajstić information content (AvgIpc) is 2.49. The van der Waals surface area contributed by atoms with Crippen LogP contribution in [-0.4, -0.2) is 5.78 Å². The minimum atomic E-state index is -0.287. The van der Waals surface area contributed by atoms with Gasteiger partial charge in [-0.1, -0.05) is 41.9 Å². The average molecular weight is 282 g/mol. The number of carbonyl (C=O) groups is 1. The Morgan fingerprint density at radius 1 is 1.00 bits per heavy atom. The molecule has 2 rings (SSSR count). The fourth-order valence-electron chi connectivity index (χ4n) is 1.88. The molecular formula is C17H12ClNO. The molecule has 0 atom stereocenters. The number of hydrogen-bond donors (Lipinski definition) is 0. The number of nitriles is 1. The molecule has 0 bridgehead atoms. The van der Waals surface area contributed by atoms with E-state index in [4.69, 9.17) is 11.6 Å². The van der Waals surface area contributed by atoms with Crippen LogP contribution in [0.25, 0.3) is 5.57 Å². The molecule has 0 spiro atoms. The summed E-state index contributed by atoms with van der Waals surface area (Å²) in [7, 11) is 0. The Balaban J connectivity index is 2.45. The lowest BCUT2D eigenvalue weighted by atomic mass is 9.96. The lowest BCUT2D eigenvalue weighted by Gasteiger charge is -2.05. The first-order valence-electron chi connectivity index (χ1n) is 6.10. The number of hydrogen-bond acceptors (Lipinski definition) is 2. The first-order valence-corrected chi connectivity index (χ1v) is 6.48. The molecule has 2 aromatic carbocycles. The van der Waals surface area contributed by atoms with Crippen molar-refractivity contribution in [3.8, 4) is 6.07 Å². The van der Waals surface area contributed by atoms with Crippen LogP contribution in [0, 0.1) is 11.3 Å². The van der Waals surface area contributed by atoms with E-state index in [1.807, 2.05) is 36.4 Å². The number of benzene rings is 2. The van der Waals surface area contributed by atoms with Gasteiger partial charge in [-0.3, -0.25) is 4.79 Å². The summed E-state index contributed by atoms with van der Waals surface area (Å²) >= 11 is 5.80. The lowest BCUT2D eigenvalue weighted by molar-refractivity contribution is 0.103. The number of carbonyl (C=O) groups excluding carboxylic acids is 1. The molecular weight excluding hydrogens is 270 g/mol. The second-order valence-electron chi connectivity index (χ2n) is 4.31. The third-order valence-electron chi connectivity index (χ3n) is 3.03. The molecule has 3 heteroatoms. The van der Waals surface area contributed by atoms with E-state index in [0.717, 1.165) is 5.56 Å². The second kappa shape index (κ2) is 6.18. The van der Waals surface area contributed by atoms with Gasteiger partial charge >= 0.3 is 0 Å². The summed E-state index contributed by atoms with van der Waals surface area (Å²) < 4.78 is 0. The molecule has 0 N–H and O–H groups in total. The van der Waals surface area contributed by atoms with Crippen LogP contribution in [0.1, 0.15) is 22.8 Å². The quantitative estimate of drug-likeness (QED) is 0.471. The monoisotopic (exact) mass is 281 g/mol. The Kier molecular flexibility index (Phi) is 4.34. The fourth-order valence-corrected chi connectivity index (χ4v) is 2.01. The number of nitrogens with zero attached hydrogens (tertiary/aromatic N) is 1. The van der Waals surface area contributed by atoms with Crippen molar-refractivity contribution >= 4 is 23.0 Å². The van der Waals surface area contributed by atoms with Crippen LogP contribution < -0.4 is 0 Å². The molecule has 2 nitrogen and oxygen atoms in total. The summed E-state index contributed by atoms with van der Waals surface area (Å²) in [5.41, 5.74) is 2.15. The molecule has 0 aliphatic heterocycles. The molecule has 98 valence electrons. The fraction of sp³-hybridized carbons (Fsp3) is 0.0588. The third-order valence-corrected chi connectivity index (χ3v) is 3.28. The molecule has 0 aromatic heterocycles. The Labute approximate surface area is 122 Å². The highest BCUT2D eigenvalue weighted by atomic mass is 35.5. The van der Waals surface area contributed by atoms with Gasteiger partial charge in [0, 0.05) is 10.6 Å². The second-order valence-corrected chi connectivity index (χ2v) is 4.75. The van der Waals surface area contributed by atoms with Crippen molar-refractivity contribution < 1.29 is 4.79 Å². The molecule has 0 aliphatic carbocycles. The van der Waals surface area contributed by atoms with Crippen LogP contribution in [0.3, 0.4) is 0 Å². The van der Waals surface area contributed by atoms with Crippen LogP contribution in [-0.2, 0) is 0 Å². The van der Waals surface area contributed by atoms with Gasteiger partial charge in [0.05, 0.1) is 0 Å². The summed E-state index contributed by atoms with van der Waals surface area (Å²) in [6, 6.07) is 17.9. The predicted octanol–water partition coefficient (Wildman–Crippen LogP) is 4.52. The van der Waals surface area contributed by atoms with Crippen molar-refractivity contribution in [3.05, 3.63) is 76.3 Å². The van der Waals surface area contributed by atoms with Gasteiger partial charge < -0.3 is 0 Å². The van der Waals surface area contributed by atoms with Crippen LogP contribution in [0.2, 0.25) is 5.02 Å². The van der Waals surface area contributed by atoms with Crippen LogP contribution >= 0.6 is 11.6 Å². The van der Waals surface area contributed by atoms with Crippen molar-refractivity contribution in [2.45, 2.75) is 6.92 Å². The molecule has 2 aromatic rings. The molecule has 0 fully saturated rings. The summed E-state index contributed by atoms with van der Waals surface area (Å²) in [6.45, 7) is 1.78. The maximum Gasteiger partial charge on any atom is 0.203 e. The zero-order chi connectivity index (χ0) is 14.5. The Morgan fingerprint density at radius 2 is 1.60 bits per heavy atom. The lowest BCUT2D eigenvalue weighted by Crippen LogP contribution is -2.04. The van der Waals surface area contributed by atoms with E-state index in [2.05, 4.69) is 0 Å². The van der Waals surface area contributed by atoms with Crippen molar-refractivity contribution in [1.29, 1.82) is 5.26 Å². The van der Waals surface area contributed by atoms with Gasteiger partial charge in [0.1, 0.15) is 11.6 Å². The van der Waals surface area contributed by atoms with E-state index in [1.165, 1.54) is 0 Å². The maximum absolute atomic E-state index is 12.4. The summed E-state index contributed by atoms with van der Waals surface area (Å²) in [5, 5.41) is 9.85. The summed E-state index contributed by atoms with van der Waals surface area (Å²) in [4.78, 5) is 12.4. The van der Waals surface area contributed by atoms with E-state index in [9.17, 15) is 10.1 Å². The van der Waals surface area contributed by atoms with Crippen molar-refractivity contribution in [3.63, 3.8) is 0 Å². The predicted molar refractivity (Wildman–Crippen MR) is 80.4 cm³/mol. The molecule has 0 radical (unpaired) electrons. The minimum Gasteiger partial charge on any atom is -0.288 e. The molecule has 0 unspecified atom stereocenters. The number of rotatable bonds is 3. The number of halogens is 1. The van der Waals surface area contributed by atoms with E-state index < -0.39 is 0 Å². The standard InChI is InChI=1S/C17H12ClNO/c1-12(13-5-3-2-4-6-13)16(11-19)17(20)14-7-9-15(18)10-8-14/h2-10H,1H3/b16-12-. The van der Waals surface area contributed by atoms with Gasteiger partial charge in [-0.05, 0) is 42.3 Å². The van der Waals surface area contributed by atoms with Crippen LogP contribution in [0.4, 0.5) is 0 Å². The van der Waals surface area contributed by atoms with E-state index >= 15 is 0 Å². The smallest absolute Gasteiger partial charge is 0.203 e. The topological polar surface area (TPSA) is 40.9 Å². The summed E-state index contributed by atoms with van der Waals surface area (Å²) in [5.74, 6) is -0.287. The SMILES string of the molecule is C/C(=C(\C#N)C(=O)c1ccc(Cl)cc1)c1ccccc1. The van der Waals surface area contributed by atoms with Crippen LogP contribution in [0.5, 0.6) is 0 Å². The highest BCUT2D eigenvalue weighted by Crippen LogP contribution is 2.21. The minimum absolute atomic E-state index is 0.151. The Morgan fingerprint density at radius 3 is 2.15 bits per heavy atom. The van der Waals surface area contributed by atoms with Crippen molar-refractivity contribution in [1.82, 2.24) is 0 Å². The molecule has 0 saturated heterocycles. The van der Waals surface area contributed by atoms with Gasteiger partial charge in [0.2, 0.25) is 5.78 Å². The molecule has 0 saturated carbocycles. The van der Waals surface area contributed by atoms with Gasteiger partial charge in [0.25, 0.3) is 0 Å². The molecule has 0 heterocycles. The zero-order valence-electron chi connectivity index (χ0n) is 10.9. The van der Waals surface area contributed by atoms with Gasteiger partial charge in [-0.15, -0.1) is 0 Å². The van der Waals surface area contributed by atoms with Crippen molar-refractivity contribution in [2.24, 2.45) is 0 Å². The first kappa shape index (κ1) is 14.0. The largest absolute Gasteiger partial charge is 0.288 e. The Hall–Kier alpha value is -2.37. The zero-order valence-corrected chi connectivity index (χ0v) is 11.7. The molecule has 20 heavy (non-hydrogen) atoms. The molecule has 0 aliphatic rings. The van der Waals surface area contributed by atoms with Crippen LogP contribution in [0.15, 0.2) is 60.2 Å². The van der Waals surface area contributed by atoms with E-state index in [0.29, 0.717) is 16.2 Å². The number of Topliss-reactive ketones (excluding diaryl/α,β-unsaturated/α-hetero) is 1. The summed E-state index contributed by atoms with van der Waals surface area (Å²) in [6.07, 6.45) is 0. The Bertz CT molecular complexity index is 694. The highest BCUT2D eigenvalue weighted by Gasteiger charge is 2.15. The first-order chi connectivity index (χ1) is 9.63. The third kappa shape index (κ3) is 2.96. The number of allylic oxidation sites excluding steroid dienone is 2.